The number of nitrogens with zero attached hydrogens (tertiary/aromatic N) is 4. The lowest BCUT2D eigenvalue weighted by molar-refractivity contribution is -0.120. The van der Waals surface area contributed by atoms with Gasteiger partial charge in [-0.3, -0.25) is 14.4 Å². The summed E-state index contributed by atoms with van der Waals surface area (Å²) < 4.78 is 0. The van der Waals surface area contributed by atoms with Crippen molar-refractivity contribution in [2.45, 2.75) is 32.6 Å². The molecular formula is C27H29N5O3. The van der Waals surface area contributed by atoms with Crippen molar-refractivity contribution in [3.8, 4) is 6.07 Å². The van der Waals surface area contributed by atoms with Crippen LogP contribution in [0, 0.1) is 18.3 Å². The summed E-state index contributed by atoms with van der Waals surface area (Å²) in [5, 5.41) is 12.6. The standard InChI is InChI=1S/C27H29N5O3/c1-18-19(27(35)32-15-6-7-16-32)9-8-10-21(18)29-25(34)14-13-24(33)20(17-28)26-30(2)22-11-4-5-12-23(22)31(26)3/h4-5,8-12H,6-7,13-16H2,1-3H3,(H,29,34). The number of carbonyl (C=O) groups is 3. The van der Waals surface area contributed by atoms with Crippen LogP contribution in [0.3, 0.4) is 0 Å². The molecule has 2 aliphatic heterocycles. The van der Waals surface area contributed by atoms with Crippen LogP contribution in [-0.4, -0.2) is 49.7 Å². The quantitative estimate of drug-likeness (QED) is 0.508. The molecule has 2 aromatic rings. The van der Waals surface area contributed by atoms with Crippen molar-refractivity contribution in [2.24, 2.45) is 0 Å². The molecule has 2 heterocycles. The molecule has 1 fully saturated rings. The van der Waals surface area contributed by atoms with Gasteiger partial charge in [0.15, 0.2) is 5.78 Å². The summed E-state index contributed by atoms with van der Waals surface area (Å²) in [5.74, 6) is -0.254. The highest BCUT2D eigenvalue weighted by Crippen LogP contribution is 2.40. The van der Waals surface area contributed by atoms with E-state index in [-0.39, 0.29) is 36.0 Å². The van der Waals surface area contributed by atoms with E-state index in [9.17, 15) is 19.6 Å². The topological polar surface area (TPSA) is 96.7 Å². The van der Waals surface area contributed by atoms with Crippen molar-refractivity contribution in [2.75, 3.05) is 42.3 Å². The smallest absolute Gasteiger partial charge is 0.254 e. The molecular weight excluding hydrogens is 442 g/mol. The van der Waals surface area contributed by atoms with Crippen LogP contribution in [0.5, 0.6) is 0 Å². The fourth-order valence-corrected chi connectivity index (χ4v) is 4.72. The van der Waals surface area contributed by atoms with Crippen molar-refractivity contribution in [3.63, 3.8) is 0 Å². The molecule has 8 nitrogen and oxygen atoms in total. The van der Waals surface area contributed by atoms with Gasteiger partial charge in [-0.2, -0.15) is 5.26 Å². The first-order valence-electron chi connectivity index (χ1n) is 11.8. The zero-order valence-corrected chi connectivity index (χ0v) is 20.3. The Bertz CT molecular complexity index is 1220. The van der Waals surface area contributed by atoms with Gasteiger partial charge in [0.05, 0.1) is 11.4 Å². The van der Waals surface area contributed by atoms with Gasteiger partial charge in [0.1, 0.15) is 17.5 Å². The van der Waals surface area contributed by atoms with Crippen molar-refractivity contribution in [1.82, 2.24) is 4.90 Å². The summed E-state index contributed by atoms with van der Waals surface area (Å²) in [6, 6.07) is 15.0. The van der Waals surface area contributed by atoms with Crippen LogP contribution < -0.4 is 15.1 Å². The number of amides is 2. The number of rotatable bonds is 6. The average Bonchev–Trinajstić information content (AvgIpc) is 3.48. The number of hydrogen-bond acceptors (Lipinski definition) is 6. The van der Waals surface area contributed by atoms with Gasteiger partial charge in [-0.05, 0) is 49.6 Å². The van der Waals surface area contributed by atoms with Crippen LogP contribution in [0.1, 0.15) is 41.6 Å². The Balaban J connectivity index is 1.43. The Labute approximate surface area is 205 Å². The molecule has 0 radical (unpaired) electrons. The lowest BCUT2D eigenvalue weighted by Gasteiger charge is -2.20. The van der Waals surface area contributed by atoms with Gasteiger partial charge in [0, 0.05) is 51.3 Å². The second-order valence-electron chi connectivity index (χ2n) is 8.87. The van der Waals surface area contributed by atoms with Crippen molar-refractivity contribution < 1.29 is 14.4 Å². The number of nitriles is 1. The lowest BCUT2D eigenvalue weighted by Crippen LogP contribution is -2.28. The molecule has 2 amide bonds. The predicted octanol–water partition coefficient (Wildman–Crippen LogP) is 3.84. The molecule has 1 saturated heterocycles. The average molecular weight is 472 g/mol. The van der Waals surface area contributed by atoms with Gasteiger partial charge in [-0.1, -0.05) is 18.2 Å². The molecule has 2 aromatic carbocycles. The van der Waals surface area contributed by atoms with Crippen molar-refractivity contribution in [3.05, 3.63) is 65.0 Å². The van der Waals surface area contributed by atoms with E-state index in [2.05, 4.69) is 5.32 Å². The molecule has 0 bridgehead atoms. The molecule has 0 spiro atoms. The SMILES string of the molecule is Cc1c(NC(=O)CCC(=O)C(C#N)=C2N(C)c3ccccc3N2C)cccc1C(=O)N1CCCC1. The monoisotopic (exact) mass is 471 g/mol. The highest BCUT2D eigenvalue weighted by Gasteiger charge is 2.31. The fraction of sp³-hybridized carbons (Fsp3) is 0.333. The van der Waals surface area contributed by atoms with Gasteiger partial charge in [-0.25, -0.2) is 0 Å². The minimum Gasteiger partial charge on any atom is -0.339 e. The molecule has 0 saturated carbocycles. The maximum Gasteiger partial charge on any atom is 0.254 e. The molecule has 0 aromatic heterocycles. The minimum atomic E-state index is -0.390. The van der Waals surface area contributed by atoms with E-state index >= 15 is 0 Å². The third-order valence-corrected chi connectivity index (χ3v) is 6.66. The maximum atomic E-state index is 13.0. The van der Waals surface area contributed by atoms with Crippen molar-refractivity contribution in [1.29, 1.82) is 5.26 Å². The third kappa shape index (κ3) is 4.62. The second-order valence-corrected chi connectivity index (χ2v) is 8.87. The molecule has 1 N–H and O–H groups in total. The summed E-state index contributed by atoms with van der Waals surface area (Å²) in [7, 11) is 3.63. The molecule has 4 rings (SSSR count). The van der Waals surface area contributed by atoms with Crippen LogP contribution in [-0.2, 0) is 9.59 Å². The van der Waals surface area contributed by atoms with Crippen LogP contribution in [0.4, 0.5) is 17.1 Å². The largest absolute Gasteiger partial charge is 0.339 e. The van der Waals surface area contributed by atoms with Gasteiger partial charge in [0.25, 0.3) is 5.91 Å². The Morgan fingerprint density at radius 3 is 2.17 bits per heavy atom. The maximum absolute atomic E-state index is 13.0. The Morgan fingerprint density at radius 1 is 0.943 bits per heavy atom. The number of Topliss-reactive ketones (excluding diaryl/α,β-unsaturated/α-hetero) is 1. The predicted molar refractivity (Wildman–Crippen MR) is 135 cm³/mol. The number of fused-ring (bicyclic) bond motifs is 1. The van der Waals surface area contributed by atoms with Crippen LogP contribution >= 0.6 is 0 Å². The molecule has 35 heavy (non-hydrogen) atoms. The first-order valence-corrected chi connectivity index (χ1v) is 11.8. The molecule has 0 aliphatic carbocycles. The zero-order chi connectivity index (χ0) is 25.1. The normalized spacial score (nSPS) is 14.6. The Kier molecular flexibility index (Phi) is 6.87. The fourth-order valence-electron chi connectivity index (χ4n) is 4.72. The van der Waals surface area contributed by atoms with E-state index < -0.39 is 0 Å². The minimum absolute atomic E-state index is 0.0217. The van der Waals surface area contributed by atoms with E-state index in [0.29, 0.717) is 22.6 Å². The summed E-state index contributed by atoms with van der Waals surface area (Å²) in [5.41, 5.74) is 3.66. The number of benzene rings is 2. The van der Waals surface area contributed by atoms with E-state index in [0.717, 1.165) is 37.3 Å². The van der Waals surface area contributed by atoms with Gasteiger partial charge >= 0.3 is 0 Å². The van der Waals surface area contributed by atoms with E-state index in [1.54, 1.807) is 18.2 Å². The molecule has 2 aliphatic rings. The van der Waals surface area contributed by atoms with E-state index in [1.165, 1.54) is 0 Å². The third-order valence-electron chi connectivity index (χ3n) is 6.66. The van der Waals surface area contributed by atoms with Gasteiger partial charge in [-0.15, -0.1) is 0 Å². The number of carbonyl (C=O) groups excluding carboxylic acids is 3. The van der Waals surface area contributed by atoms with Crippen LogP contribution in [0.25, 0.3) is 0 Å². The summed E-state index contributed by atoms with van der Waals surface area (Å²) in [6.45, 7) is 3.32. The Hall–Kier alpha value is -4.12. The molecule has 180 valence electrons. The summed E-state index contributed by atoms with van der Waals surface area (Å²) >= 11 is 0. The van der Waals surface area contributed by atoms with E-state index in [4.69, 9.17) is 0 Å². The number of para-hydroxylation sites is 2. The number of likely N-dealkylation sites (tertiary alicyclic amines) is 1. The molecule has 0 unspecified atom stereocenters. The van der Waals surface area contributed by atoms with E-state index in [1.807, 2.05) is 66.1 Å². The number of allylic oxidation sites excluding steroid dienone is 1. The highest BCUT2D eigenvalue weighted by atomic mass is 16.2. The van der Waals surface area contributed by atoms with Crippen LogP contribution in [0.2, 0.25) is 0 Å². The summed E-state index contributed by atoms with van der Waals surface area (Å²) in [6.07, 6.45) is 1.85. The molecule has 8 heteroatoms. The highest BCUT2D eigenvalue weighted by molar-refractivity contribution is 6.05. The number of anilines is 3. The first kappa shape index (κ1) is 24.0. The van der Waals surface area contributed by atoms with Crippen LogP contribution in [0.15, 0.2) is 53.9 Å². The van der Waals surface area contributed by atoms with Gasteiger partial charge in [0.2, 0.25) is 5.91 Å². The number of nitrogens with one attached hydrogen (secondary N) is 1. The molecule has 0 atom stereocenters. The zero-order valence-electron chi connectivity index (χ0n) is 20.3. The van der Waals surface area contributed by atoms with Crippen molar-refractivity contribution >= 4 is 34.7 Å². The van der Waals surface area contributed by atoms with Gasteiger partial charge < -0.3 is 20.0 Å². The second kappa shape index (κ2) is 10.0. The number of hydrogen-bond donors (Lipinski definition) is 1. The lowest BCUT2D eigenvalue weighted by atomic mass is 10.0. The Morgan fingerprint density at radius 2 is 1.57 bits per heavy atom. The summed E-state index contributed by atoms with van der Waals surface area (Å²) in [4.78, 5) is 43.9. The number of ketones is 1. The first-order chi connectivity index (χ1) is 16.8.